The number of rotatable bonds is 8. The van der Waals surface area contributed by atoms with E-state index in [9.17, 15) is 0 Å². The van der Waals surface area contributed by atoms with Crippen LogP contribution in [0.3, 0.4) is 0 Å². The molecule has 0 aliphatic carbocycles. The molecule has 2 N–H and O–H groups in total. The molecule has 0 aliphatic rings. The van der Waals surface area contributed by atoms with Crippen molar-refractivity contribution in [1.82, 2.24) is 0 Å². The first-order valence-corrected chi connectivity index (χ1v) is 7.75. The maximum Gasteiger partial charge on any atom is 0.389 e. The molecule has 0 heterocycles. The minimum Gasteiger partial charge on any atom is -0.399 e. The van der Waals surface area contributed by atoms with Crippen LogP contribution in [-0.2, 0) is 14.9 Å². The third kappa shape index (κ3) is 5.34. The lowest BCUT2D eigenvalue weighted by Gasteiger charge is -2.15. The summed E-state index contributed by atoms with van der Waals surface area (Å²) in [6.07, 6.45) is 2.04. The number of nitrogens with two attached hydrogens (primary N) is 1. The van der Waals surface area contributed by atoms with E-state index in [2.05, 4.69) is 13.8 Å². The lowest BCUT2D eigenvalue weighted by Crippen LogP contribution is -2.27. The highest BCUT2D eigenvalue weighted by Gasteiger charge is 2.17. The Hall–Kier alpha value is -0.843. The van der Waals surface area contributed by atoms with E-state index in [4.69, 9.17) is 14.6 Å². The molecule has 0 aliphatic heterocycles. The molecule has 1 radical (unpaired) electrons. The normalized spacial score (nSPS) is 11.0. The maximum absolute atomic E-state index is 5.93. The van der Waals surface area contributed by atoms with Gasteiger partial charge in [0.25, 0.3) is 0 Å². The second kappa shape index (κ2) is 8.28. The number of hydrogen-bond donors (Lipinski definition) is 1. The van der Waals surface area contributed by atoms with Gasteiger partial charge >= 0.3 is 9.28 Å². The van der Waals surface area contributed by atoms with Gasteiger partial charge in [-0.05, 0) is 24.5 Å². The minimum atomic E-state index is -1.22. The van der Waals surface area contributed by atoms with Gasteiger partial charge in [-0.25, -0.2) is 0 Å². The van der Waals surface area contributed by atoms with Crippen LogP contribution in [0.1, 0.15) is 32.3 Å². The van der Waals surface area contributed by atoms with Crippen LogP contribution in [-0.4, -0.2) is 22.5 Å². The molecular weight excluding hydrogens is 230 g/mol. The Bertz CT molecular complexity index is 312. The Morgan fingerprint density at radius 2 is 1.65 bits per heavy atom. The molecule has 0 saturated carbocycles. The number of para-hydroxylation sites is 1. The van der Waals surface area contributed by atoms with Crippen molar-refractivity contribution in [1.29, 1.82) is 0 Å². The van der Waals surface area contributed by atoms with Gasteiger partial charge in [0.15, 0.2) is 0 Å². The lowest BCUT2D eigenvalue weighted by atomic mass is 10.2. The molecule has 0 aromatic heterocycles. The van der Waals surface area contributed by atoms with E-state index in [-0.39, 0.29) is 0 Å². The van der Waals surface area contributed by atoms with Crippen LogP contribution >= 0.6 is 0 Å². The minimum absolute atomic E-state index is 0.769. The Morgan fingerprint density at radius 1 is 1.06 bits per heavy atom. The van der Waals surface area contributed by atoms with E-state index >= 15 is 0 Å². The largest absolute Gasteiger partial charge is 0.399 e. The first-order valence-electron chi connectivity index (χ1n) is 6.22. The number of hydrogen-bond acceptors (Lipinski definition) is 3. The third-order valence-electron chi connectivity index (χ3n) is 2.32. The van der Waals surface area contributed by atoms with E-state index in [1.807, 2.05) is 24.3 Å². The summed E-state index contributed by atoms with van der Waals surface area (Å²) in [5.41, 5.74) is 7.89. The summed E-state index contributed by atoms with van der Waals surface area (Å²) >= 11 is 0. The molecule has 0 spiro atoms. The molecule has 1 aromatic carbocycles. The van der Waals surface area contributed by atoms with Crippen LogP contribution in [0, 0.1) is 0 Å². The Balaban J connectivity index is 2.55. The summed E-state index contributed by atoms with van der Waals surface area (Å²) in [6, 6.07) is 8.74. The predicted octanol–water partition coefficient (Wildman–Crippen LogP) is 2.69. The standard InChI is InChI=1S/C13H22NO2Si/c1-3-9-15-17(16-10-4-2)11-12-7-5-6-8-13(12)14/h5-8H,3-4,9-11,14H2,1-2H3. The Kier molecular flexibility index (Phi) is 6.92. The number of nitrogen functional groups attached to an aromatic ring is 1. The smallest absolute Gasteiger partial charge is 0.389 e. The van der Waals surface area contributed by atoms with E-state index in [1.165, 1.54) is 0 Å². The molecule has 3 nitrogen and oxygen atoms in total. The monoisotopic (exact) mass is 252 g/mol. The zero-order chi connectivity index (χ0) is 12.5. The topological polar surface area (TPSA) is 44.5 Å². The molecule has 0 bridgehead atoms. The highest BCUT2D eigenvalue weighted by atomic mass is 28.3. The number of anilines is 1. The van der Waals surface area contributed by atoms with Crippen molar-refractivity contribution in [2.75, 3.05) is 18.9 Å². The van der Waals surface area contributed by atoms with Crippen molar-refractivity contribution in [3.8, 4) is 0 Å². The van der Waals surface area contributed by atoms with Crippen LogP contribution in [0.4, 0.5) is 5.69 Å². The molecule has 1 aromatic rings. The van der Waals surface area contributed by atoms with E-state index in [0.29, 0.717) is 0 Å². The molecule has 0 amide bonds. The average molecular weight is 252 g/mol. The van der Waals surface area contributed by atoms with Crippen molar-refractivity contribution in [2.24, 2.45) is 0 Å². The fraction of sp³-hybridized carbons (Fsp3) is 0.538. The first-order chi connectivity index (χ1) is 8.27. The van der Waals surface area contributed by atoms with Crippen LogP contribution < -0.4 is 5.73 Å². The number of benzene rings is 1. The van der Waals surface area contributed by atoms with Gasteiger partial charge in [-0.2, -0.15) is 0 Å². The molecule has 0 unspecified atom stereocenters. The SMILES string of the molecule is CCCO[Si](Cc1ccccc1N)OCCC. The second-order valence-electron chi connectivity index (χ2n) is 3.94. The fourth-order valence-electron chi connectivity index (χ4n) is 1.43. The van der Waals surface area contributed by atoms with Crippen molar-refractivity contribution >= 4 is 15.0 Å². The molecule has 0 fully saturated rings. The summed E-state index contributed by atoms with van der Waals surface area (Å²) in [5, 5.41) is 0. The highest BCUT2D eigenvalue weighted by molar-refractivity contribution is 6.44. The van der Waals surface area contributed by atoms with Crippen LogP contribution in [0.5, 0.6) is 0 Å². The van der Waals surface area contributed by atoms with Gasteiger partial charge in [0.1, 0.15) is 0 Å². The summed E-state index contributed by atoms with van der Waals surface area (Å²) in [6.45, 7) is 5.75. The summed E-state index contributed by atoms with van der Waals surface area (Å²) in [7, 11) is -1.22. The van der Waals surface area contributed by atoms with Gasteiger partial charge in [-0.3, -0.25) is 0 Å². The van der Waals surface area contributed by atoms with Gasteiger partial charge < -0.3 is 14.6 Å². The van der Waals surface area contributed by atoms with E-state index in [1.54, 1.807) is 0 Å². The predicted molar refractivity (Wildman–Crippen MR) is 72.8 cm³/mol. The van der Waals surface area contributed by atoms with Gasteiger partial charge in [-0.15, -0.1) is 0 Å². The quantitative estimate of drug-likeness (QED) is 0.571. The Labute approximate surface area is 106 Å². The molecule has 1 rings (SSSR count). The van der Waals surface area contributed by atoms with Crippen molar-refractivity contribution in [2.45, 2.75) is 32.7 Å². The third-order valence-corrected chi connectivity index (χ3v) is 4.05. The molecule has 4 heteroatoms. The van der Waals surface area contributed by atoms with E-state index < -0.39 is 9.28 Å². The highest BCUT2D eigenvalue weighted by Crippen LogP contribution is 2.13. The molecular formula is C13H22NO2Si. The van der Waals surface area contributed by atoms with Crippen molar-refractivity contribution < 1.29 is 8.85 Å². The first kappa shape index (κ1) is 14.2. The van der Waals surface area contributed by atoms with Crippen LogP contribution in [0.2, 0.25) is 0 Å². The molecule has 0 saturated heterocycles. The maximum atomic E-state index is 5.93. The zero-order valence-electron chi connectivity index (χ0n) is 10.7. The summed E-state index contributed by atoms with van der Waals surface area (Å²) < 4.78 is 11.6. The van der Waals surface area contributed by atoms with E-state index in [0.717, 1.165) is 43.4 Å². The van der Waals surface area contributed by atoms with Crippen molar-refractivity contribution in [3.63, 3.8) is 0 Å². The van der Waals surface area contributed by atoms with Crippen LogP contribution in [0.15, 0.2) is 24.3 Å². The molecule has 95 valence electrons. The average Bonchev–Trinajstić information content (AvgIpc) is 2.35. The van der Waals surface area contributed by atoms with Gasteiger partial charge in [0.05, 0.1) is 0 Å². The fourth-order valence-corrected chi connectivity index (χ4v) is 3.21. The second-order valence-corrected chi connectivity index (χ2v) is 5.62. The van der Waals surface area contributed by atoms with Crippen LogP contribution in [0.25, 0.3) is 0 Å². The summed E-state index contributed by atoms with van der Waals surface area (Å²) in [4.78, 5) is 0. The Morgan fingerprint density at radius 3 is 2.18 bits per heavy atom. The van der Waals surface area contributed by atoms with Gasteiger partial charge in [0.2, 0.25) is 0 Å². The molecule has 0 atom stereocenters. The van der Waals surface area contributed by atoms with Gasteiger partial charge in [-0.1, -0.05) is 32.0 Å². The lowest BCUT2D eigenvalue weighted by molar-refractivity contribution is 0.196. The van der Waals surface area contributed by atoms with Gasteiger partial charge in [0, 0.05) is 24.9 Å². The zero-order valence-corrected chi connectivity index (χ0v) is 11.7. The van der Waals surface area contributed by atoms with Crippen molar-refractivity contribution in [3.05, 3.63) is 29.8 Å². The summed E-state index contributed by atoms with van der Waals surface area (Å²) in [5.74, 6) is 0. The molecule has 17 heavy (non-hydrogen) atoms.